The Labute approximate surface area is 135 Å². The molecule has 5 nitrogen and oxygen atoms in total. The molecule has 0 saturated heterocycles. The van der Waals surface area contributed by atoms with Gasteiger partial charge in [0.25, 0.3) is 0 Å². The van der Waals surface area contributed by atoms with Crippen molar-refractivity contribution in [2.24, 2.45) is 0 Å². The predicted molar refractivity (Wildman–Crippen MR) is 73.1 cm³/mol. The van der Waals surface area contributed by atoms with Crippen LogP contribution < -0.4 is 41.0 Å². The number of ether oxygens (including phenoxy) is 2. The molecule has 0 amide bonds. The zero-order valence-electron chi connectivity index (χ0n) is 11.2. The molecule has 0 heterocycles. The van der Waals surface area contributed by atoms with E-state index < -0.39 is 5.97 Å². The lowest BCUT2D eigenvalue weighted by atomic mass is 10.2. The average molecular weight is 329 g/mol. The normalized spacial score (nSPS) is 9.00. The van der Waals surface area contributed by atoms with Crippen molar-refractivity contribution in [1.82, 2.24) is 0 Å². The molecule has 114 valence electrons. The Bertz CT molecular complexity index is 621. The van der Waals surface area contributed by atoms with Crippen LogP contribution in [-0.4, -0.2) is 13.1 Å². The number of benzene rings is 2. The highest BCUT2D eigenvalue weighted by Gasteiger charge is 2.13. The monoisotopic (exact) mass is 328 g/mol. The van der Waals surface area contributed by atoms with Gasteiger partial charge in [0.2, 0.25) is 0 Å². The van der Waals surface area contributed by atoms with Crippen LogP contribution in [0.2, 0.25) is 0 Å². The largest absolute Gasteiger partial charge is 1.00 e. The summed E-state index contributed by atoms with van der Waals surface area (Å²) in [5.74, 6) is 0.348. The van der Waals surface area contributed by atoms with Gasteiger partial charge in [-0.2, -0.15) is 0 Å². The van der Waals surface area contributed by atoms with E-state index in [9.17, 15) is 4.79 Å². The molecular weight excluding hydrogens is 315 g/mol. The number of methoxy groups -OCH3 is 1. The Kier molecular flexibility index (Phi) is 7.41. The van der Waals surface area contributed by atoms with Gasteiger partial charge >= 0.3 is 5.97 Å². The SMILES string of the molecule is COC(=O)c1ccccc1Oc1ccc(N)cc1N.[Cl-].[Cl-]. The summed E-state index contributed by atoms with van der Waals surface area (Å²) in [7, 11) is 1.32. The van der Waals surface area contributed by atoms with Gasteiger partial charge in [0.1, 0.15) is 17.1 Å². The van der Waals surface area contributed by atoms with Crippen LogP contribution in [0.1, 0.15) is 10.4 Å². The van der Waals surface area contributed by atoms with Crippen LogP contribution in [0, 0.1) is 0 Å². The second kappa shape index (κ2) is 8.24. The first-order valence-electron chi connectivity index (χ1n) is 5.62. The fourth-order valence-corrected chi connectivity index (χ4v) is 1.61. The molecule has 0 aromatic heterocycles. The maximum atomic E-state index is 11.6. The highest BCUT2D eigenvalue weighted by Crippen LogP contribution is 2.31. The summed E-state index contributed by atoms with van der Waals surface area (Å²) in [4.78, 5) is 11.6. The number of para-hydroxylation sites is 1. The summed E-state index contributed by atoms with van der Waals surface area (Å²) < 4.78 is 10.3. The fourth-order valence-electron chi connectivity index (χ4n) is 1.61. The average Bonchev–Trinajstić information content (AvgIpc) is 2.41. The summed E-state index contributed by atoms with van der Waals surface area (Å²) in [6, 6.07) is 11.7. The number of carbonyl (C=O) groups excluding carboxylic acids is 1. The van der Waals surface area contributed by atoms with Gasteiger partial charge in [0.05, 0.1) is 12.8 Å². The van der Waals surface area contributed by atoms with Crippen LogP contribution in [0.15, 0.2) is 42.5 Å². The van der Waals surface area contributed by atoms with Crippen molar-refractivity contribution < 1.29 is 39.1 Å². The second-order valence-electron chi connectivity index (χ2n) is 3.89. The topological polar surface area (TPSA) is 87.6 Å². The van der Waals surface area contributed by atoms with E-state index in [2.05, 4.69) is 0 Å². The third kappa shape index (κ3) is 4.44. The van der Waals surface area contributed by atoms with Crippen LogP contribution in [0.3, 0.4) is 0 Å². The van der Waals surface area contributed by atoms with Crippen molar-refractivity contribution in [2.75, 3.05) is 18.6 Å². The van der Waals surface area contributed by atoms with Crippen LogP contribution in [0.4, 0.5) is 11.4 Å². The molecule has 7 heteroatoms. The summed E-state index contributed by atoms with van der Waals surface area (Å²) in [6.07, 6.45) is 0. The Balaban J connectivity index is 0.00000200. The number of rotatable bonds is 3. The molecule has 0 atom stereocenters. The molecule has 0 radical (unpaired) electrons. The van der Waals surface area contributed by atoms with Crippen LogP contribution >= 0.6 is 0 Å². The quantitative estimate of drug-likeness (QED) is 0.450. The number of carbonyl (C=O) groups is 1. The number of halogens is 2. The summed E-state index contributed by atoms with van der Waals surface area (Å²) in [5.41, 5.74) is 12.7. The summed E-state index contributed by atoms with van der Waals surface area (Å²) >= 11 is 0. The molecule has 4 N–H and O–H groups in total. The van der Waals surface area contributed by atoms with Gasteiger partial charge in [-0.15, -0.1) is 0 Å². The fraction of sp³-hybridized carbons (Fsp3) is 0.0714. The third-order valence-corrected chi connectivity index (χ3v) is 2.55. The molecular formula is C14H14Cl2N2O3-2. The lowest BCUT2D eigenvalue weighted by molar-refractivity contribution is -0.001000. The van der Waals surface area contributed by atoms with Crippen molar-refractivity contribution in [1.29, 1.82) is 0 Å². The van der Waals surface area contributed by atoms with Gasteiger partial charge in [-0.25, -0.2) is 4.79 Å². The Hall–Kier alpha value is -2.11. The van der Waals surface area contributed by atoms with Crippen LogP contribution in [-0.2, 0) is 4.74 Å². The van der Waals surface area contributed by atoms with E-state index in [1.807, 2.05) is 0 Å². The van der Waals surface area contributed by atoms with E-state index >= 15 is 0 Å². The maximum absolute atomic E-state index is 11.6. The molecule has 21 heavy (non-hydrogen) atoms. The summed E-state index contributed by atoms with van der Waals surface area (Å²) in [6.45, 7) is 0. The molecule has 2 aromatic rings. The molecule has 2 aromatic carbocycles. The Morgan fingerprint density at radius 2 is 1.67 bits per heavy atom. The van der Waals surface area contributed by atoms with Gasteiger partial charge in [0, 0.05) is 5.69 Å². The van der Waals surface area contributed by atoms with Crippen molar-refractivity contribution in [3.8, 4) is 11.5 Å². The van der Waals surface area contributed by atoms with Crippen molar-refractivity contribution in [2.45, 2.75) is 0 Å². The molecule has 0 aliphatic heterocycles. The lowest BCUT2D eigenvalue weighted by Gasteiger charge is -2.11. The number of anilines is 2. The zero-order chi connectivity index (χ0) is 13.8. The predicted octanol–water partition coefficient (Wildman–Crippen LogP) is -3.56. The summed E-state index contributed by atoms with van der Waals surface area (Å²) in [5, 5.41) is 0. The smallest absolute Gasteiger partial charge is 0.341 e. The van der Waals surface area contributed by atoms with E-state index in [0.29, 0.717) is 28.4 Å². The number of esters is 1. The van der Waals surface area contributed by atoms with Gasteiger partial charge in [-0.1, -0.05) is 12.1 Å². The number of nitrogen functional groups attached to an aromatic ring is 2. The van der Waals surface area contributed by atoms with Gasteiger partial charge in [-0.05, 0) is 30.3 Å². The van der Waals surface area contributed by atoms with Crippen molar-refractivity contribution >= 4 is 17.3 Å². The van der Waals surface area contributed by atoms with E-state index in [-0.39, 0.29) is 24.8 Å². The highest BCUT2D eigenvalue weighted by atomic mass is 35.5. The van der Waals surface area contributed by atoms with Gasteiger partial charge in [0.15, 0.2) is 0 Å². The lowest BCUT2D eigenvalue weighted by Crippen LogP contribution is -3.00. The minimum absolute atomic E-state index is 0. The Morgan fingerprint density at radius 1 is 1.00 bits per heavy atom. The molecule has 0 aliphatic rings. The Morgan fingerprint density at radius 3 is 2.29 bits per heavy atom. The molecule has 0 fully saturated rings. The van der Waals surface area contributed by atoms with Crippen molar-refractivity contribution in [3.63, 3.8) is 0 Å². The first-order chi connectivity index (χ1) is 9.11. The third-order valence-electron chi connectivity index (χ3n) is 2.55. The van der Waals surface area contributed by atoms with Crippen LogP contribution in [0.5, 0.6) is 11.5 Å². The molecule has 0 unspecified atom stereocenters. The van der Waals surface area contributed by atoms with Gasteiger partial charge in [-0.3, -0.25) is 0 Å². The molecule has 0 aliphatic carbocycles. The van der Waals surface area contributed by atoms with Crippen molar-refractivity contribution in [3.05, 3.63) is 48.0 Å². The maximum Gasteiger partial charge on any atom is 0.341 e. The first kappa shape index (κ1) is 18.9. The molecule has 2 rings (SSSR count). The van der Waals surface area contributed by atoms with E-state index in [4.69, 9.17) is 20.9 Å². The zero-order valence-corrected chi connectivity index (χ0v) is 12.7. The number of hydrogen-bond acceptors (Lipinski definition) is 5. The second-order valence-corrected chi connectivity index (χ2v) is 3.89. The van der Waals surface area contributed by atoms with E-state index in [1.54, 1.807) is 42.5 Å². The minimum Gasteiger partial charge on any atom is -1.00 e. The highest BCUT2D eigenvalue weighted by molar-refractivity contribution is 5.92. The van der Waals surface area contributed by atoms with E-state index in [0.717, 1.165) is 0 Å². The molecule has 0 spiro atoms. The molecule has 0 saturated carbocycles. The van der Waals surface area contributed by atoms with Gasteiger partial charge < -0.3 is 45.8 Å². The number of nitrogens with two attached hydrogens (primary N) is 2. The molecule has 0 bridgehead atoms. The minimum atomic E-state index is -0.468. The number of hydrogen-bond donors (Lipinski definition) is 2. The standard InChI is InChI=1S/C14H14N2O3.2ClH/c1-18-14(17)10-4-2-3-5-12(10)19-13-7-6-9(15)8-11(13)16;;/h2-8H,15-16H2,1H3;2*1H/p-2. The van der Waals surface area contributed by atoms with Crippen LogP contribution in [0.25, 0.3) is 0 Å². The van der Waals surface area contributed by atoms with E-state index in [1.165, 1.54) is 7.11 Å². The first-order valence-corrected chi connectivity index (χ1v) is 5.62.